The molecule has 1 N–H and O–H groups in total. The second-order valence-corrected chi connectivity index (χ2v) is 4.66. The van der Waals surface area contributed by atoms with E-state index in [1.54, 1.807) is 12.3 Å². The summed E-state index contributed by atoms with van der Waals surface area (Å²) >= 11 is 0. The molecule has 2 aromatic rings. The number of carboxylic acids is 1. The molecule has 1 aromatic heterocycles. The van der Waals surface area contributed by atoms with Gasteiger partial charge in [-0.1, -0.05) is 18.2 Å². The summed E-state index contributed by atoms with van der Waals surface area (Å²) in [6.07, 6.45) is 1.76. The highest BCUT2D eigenvalue weighted by molar-refractivity contribution is 6.04. The van der Waals surface area contributed by atoms with Crippen molar-refractivity contribution in [3.63, 3.8) is 0 Å². The molecule has 18 heavy (non-hydrogen) atoms. The lowest BCUT2D eigenvalue weighted by atomic mass is 9.63. The lowest BCUT2D eigenvalue weighted by Crippen LogP contribution is -2.48. The predicted octanol–water partition coefficient (Wildman–Crippen LogP) is 1.92. The van der Waals surface area contributed by atoms with Crippen molar-refractivity contribution in [2.24, 2.45) is 0 Å². The normalized spacial score (nSPS) is 17.4. The second-order valence-electron chi connectivity index (χ2n) is 4.66. The first-order chi connectivity index (χ1) is 8.63. The van der Waals surface area contributed by atoms with E-state index in [9.17, 15) is 14.7 Å². The van der Waals surface area contributed by atoms with E-state index >= 15 is 0 Å². The van der Waals surface area contributed by atoms with Gasteiger partial charge in [0.2, 0.25) is 0 Å². The van der Waals surface area contributed by atoms with Crippen molar-refractivity contribution in [2.75, 3.05) is 0 Å². The lowest BCUT2D eigenvalue weighted by molar-refractivity contribution is -0.153. The molecule has 3 rings (SSSR count). The highest BCUT2D eigenvalue weighted by Gasteiger charge is 2.52. The molecular weight excluding hydrogens is 230 g/mol. The number of Topliss-reactive ketones (excluding diaryl/α,β-unsaturated/α-hetero) is 1. The first-order valence-electron chi connectivity index (χ1n) is 5.73. The highest BCUT2D eigenvalue weighted by Crippen LogP contribution is 2.43. The Kier molecular flexibility index (Phi) is 2.20. The summed E-state index contributed by atoms with van der Waals surface area (Å²) in [5.74, 6) is -0.934. The highest BCUT2D eigenvalue weighted by atomic mass is 16.4. The molecule has 1 aliphatic carbocycles. The molecular formula is C14H11NO3. The molecule has 0 bridgehead atoms. The first kappa shape index (κ1) is 10.9. The van der Waals surface area contributed by atoms with Crippen LogP contribution in [0.5, 0.6) is 0 Å². The van der Waals surface area contributed by atoms with Crippen LogP contribution < -0.4 is 0 Å². The van der Waals surface area contributed by atoms with E-state index < -0.39 is 11.4 Å². The number of para-hydroxylation sites is 1. The number of rotatable bonds is 2. The van der Waals surface area contributed by atoms with Crippen molar-refractivity contribution >= 4 is 22.7 Å². The molecule has 4 nitrogen and oxygen atoms in total. The van der Waals surface area contributed by atoms with Gasteiger partial charge in [0.1, 0.15) is 11.2 Å². The molecule has 0 unspecified atom stereocenters. The third-order valence-electron chi connectivity index (χ3n) is 3.57. The van der Waals surface area contributed by atoms with E-state index in [-0.39, 0.29) is 18.6 Å². The van der Waals surface area contributed by atoms with E-state index in [4.69, 9.17) is 0 Å². The standard InChI is InChI=1S/C14H11NO3/c16-9-7-14(8-9,13(17)18)11-5-6-15-12-4-2-1-3-10(11)12/h1-6H,7-8H2,(H,17,18). The minimum atomic E-state index is -1.06. The van der Waals surface area contributed by atoms with Crippen molar-refractivity contribution < 1.29 is 14.7 Å². The Morgan fingerprint density at radius 3 is 2.61 bits per heavy atom. The Bertz CT molecular complexity index is 650. The number of carbonyl (C=O) groups excluding carboxylic acids is 1. The third kappa shape index (κ3) is 1.35. The number of aromatic nitrogens is 1. The zero-order valence-corrected chi connectivity index (χ0v) is 9.59. The van der Waals surface area contributed by atoms with Crippen LogP contribution in [0.2, 0.25) is 0 Å². The predicted molar refractivity (Wildman–Crippen MR) is 65.3 cm³/mol. The maximum atomic E-state index is 11.5. The summed E-state index contributed by atoms with van der Waals surface area (Å²) in [6, 6.07) is 9.12. The van der Waals surface area contributed by atoms with Crippen LogP contribution in [0.4, 0.5) is 0 Å². The summed E-state index contributed by atoms with van der Waals surface area (Å²) in [4.78, 5) is 27.0. The number of hydrogen-bond donors (Lipinski definition) is 1. The molecule has 1 aromatic carbocycles. The van der Waals surface area contributed by atoms with E-state index in [0.29, 0.717) is 5.56 Å². The van der Waals surface area contributed by atoms with Crippen molar-refractivity contribution in [1.82, 2.24) is 4.98 Å². The van der Waals surface area contributed by atoms with Crippen LogP contribution in [0, 0.1) is 0 Å². The summed E-state index contributed by atoms with van der Waals surface area (Å²) in [5, 5.41) is 10.3. The average Bonchev–Trinajstić information content (AvgIpc) is 2.34. The van der Waals surface area contributed by atoms with Gasteiger partial charge in [0.05, 0.1) is 5.52 Å². The number of aliphatic carboxylic acids is 1. The smallest absolute Gasteiger partial charge is 0.315 e. The zero-order chi connectivity index (χ0) is 12.8. The fourth-order valence-corrected chi connectivity index (χ4v) is 2.59. The number of ketones is 1. The van der Waals surface area contributed by atoms with Crippen LogP contribution in [0.3, 0.4) is 0 Å². The van der Waals surface area contributed by atoms with Gasteiger partial charge in [-0.2, -0.15) is 0 Å². The topological polar surface area (TPSA) is 67.3 Å². The van der Waals surface area contributed by atoms with Gasteiger partial charge in [0, 0.05) is 24.4 Å². The zero-order valence-electron chi connectivity index (χ0n) is 9.59. The molecule has 0 amide bonds. The Balaban J connectivity index is 2.25. The minimum absolute atomic E-state index is 0.00158. The average molecular weight is 241 g/mol. The minimum Gasteiger partial charge on any atom is -0.481 e. The third-order valence-corrected chi connectivity index (χ3v) is 3.57. The number of nitrogens with zero attached hydrogens (tertiary/aromatic N) is 1. The van der Waals surface area contributed by atoms with Crippen molar-refractivity contribution in [3.05, 3.63) is 42.1 Å². The summed E-state index contributed by atoms with van der Waals surface area (Å²) in [6.45, 7) is 0. The monoisotopic (exact) mass is 241 g/mol. The molecule has 90 valence electrons. The van der Waals surface area contributed by atoms with Crippen LogP contribution in [-0.2, 0) is 15.0 Å². The fraction of sp³-hybridized carbons (Fsp3) is 0.214. The number of benzene rings is 1. The quantitative estimate of drug-likeness (QED) is 0.872. The van der Waals surface area contributed by atoms with Gasteiger partial charge in [-0.05, 0) is 17.7 Å². The molecule has 0 atom stereocenters. The molecule has 1 aliphatic rings. The summed E-state index contributed by atoms with van der Waals surface area (Å²) in [7, 11) is 0. The van der Waals surface area contributed by atoms with Crippen LogP contribution in [0.25, 0.3) is 10.9 Å². The van der Waals surface area contributed by atoms with Gasteiger partial charge in [-0.25, -0.2) is 0 Å². The van der Waals surface area contributed by atoms with E-state index in [2.05, 4.69) is 4.98 Å². The number of carboxylic acid groups (broad SMARTS) is 1. The van der Waals surface area contributed by atoms with Crippen molar-refractivity contribution in [2.45, 2.75) is 18.3 Å². The molecule has 0 radical (unpaired) electrons. The fourth-order valence-electron chi connectivity index (χ4n) is 2.59. The van der Waals surface area contributed by atoms with Crippen LogP contribution in [0.15, 0.2) is 36.5 Å². The molecule has 1 heterocycles. The number of hydrogen-bond acceptors (Lipinski definition) is 3. The molecule has 0 aliphatic heterocycles. The maximum Gasteiger partial charge on any atom is 0.315 e. The Morgan fingerprint density at radius 1 is 1.22 bits per heavy atom. The van der Waals surface area contributed by atoms with Gasteiger partial charge in [0.25, 0.3) is 0 Å². The van der Waals surface area contributed by atoms with E-state index in [1.165, 1.54) is 0 Å². The van der Waals surface area contributed by atoms with Crippen molar-refractivity contribution in [1.29, 1.82) is 0 Å². The Morgan fingerprint density at radius 2 is 1.94 bits per heavy atom. The molecule has 1 saturated carbocycles. The van der Waals surface area contributed by atoms with Gasteiger partial charge >= 0.3 is 5.97 Å². The summed E-state index contributed by atoms with van der Waals surface area (Å²) in [5.41, 5.74) is 0.398. The van der Waals surface area contributed by atoms with Gasteiger partial charge in [-0.3, -0.25) is 14.6 Å². The molecule has 4 heteroatoms. The number of fused-ring (bicyclic) bond motifs is 1. The number of carbonyl (C=O) groups is 2. The number of pyridine rings is 1. The van der Waals surface area contributed by atoms with Gasteiger partial charge in [-0.15, -0.1) is 0 Å². The molecule has 0 spiro atoms. The molecule has 0 saturated heterocycles. The Hall–Kier alpha value is -2.23. The molecule has 1 fully saturated rings. The van der Waals surface area contributed by atoms with Crippen LogP contribution in [-0.4, -0.2) is 21.8 Å². The second kappa shape index (κ2) is 3.63. The SMILES string of the molecule is O=C1CC(C(=O)O)(c2ccnc3ccccc23)C1. The lowest BCUT2D eigenvalue weighted by Gasteiger charge is -2.37. The first-order valence-corrected chi connectivity index (χ1v) is 5.73. The van der Waals surface area contributed by atoms with Crippen LogP contribution in [0.1, 0.15) is 18.4 Å². The van der Waals surface area contributed by atoms with E-state index in [0.717, 1.165) is 10.9 Å². The summed E-state index contributed by atoms with van der Waals surface area (Å²) < 4.78 is 0. The van der Waals surface area contributed by atoms with Crippen LogP contribution >= 0.6 is 0 Å². The van der Waals surface area contributed by atoms with Gasteiger partial charge < -0.3 is 5.11 Å². The van der Waals surface area contributed by atoms with E-state index in [1.807, 2.05) is 24.3 Å². The van der Waals surface area contributed by atoms with Crippen molar-refractivity contribution in [3.8, 4) is 0 Å². The largest absolute Gasteiger partial charge is 0.481 e. The Labute approximate surface area is 103 Å². The maximum absolute atomic E-state index is 11.5. The van der Waals surface area contributed by atoms with Gasteiger partial charge in [0.15, 0.2) is 0 Å².